The monoisotopic (exact) mass is 438 g/mol. The molecule has 9 nitrogen and oxygen atoms in total. The van der Waals surface area contributed by atoms with Crippen LogP contribution in [0, 0.1) is 0 Å². The van der Waals surface area contributed by atoms with Crippen LogP contribution < -0.4 is 0 Å². The van der Waals surface area contributed by atoms with E-state index in [1.54, 1.807) is 12.3 Å². The van der Waals surface area contributed by atoms with E-state index in [9.17, 15) is 18.0 Å². The Balaban J connectivity index is 1.32. The van der Waals surface area contributed by atoms with E-state index in [-0.39, 0.29) is 30.0 Å². The maximum absolute atomic E-state index is 12.7. The molecule has 4 rings (SSSR count). The standard InChI is InChI=1S/C18H22N4O5S2/c23-15-4-1-5-16(24)22(15)10-12-29(25,26)21-8-6-13(7-9-21)17-19-20-18(28-17)14-3-2-11-27-14/h2-3,11,13H,1,4-10,12H2. The van der Waals surface area contributed by atoms with Crippen LogP contribution in [0.5, 0.6) is 0 Å². The van der Waals surface area contributed by atoms with Crippen molar-refractivity contribution in [2.24, 2.45) is 0 Å². The fourth-order valence-electron chi connectivity index (χ4n) is 3.67. The Bertz CT molecular complexity index is 962. The third kappa shape index (κ3) is 4.41. The summed E-state index contributed by atoms with van der Waals surface area (Å²) < 4.78 is 32.2. The minimum absolute atomic E-state index is 0.0666. The molecule has 2 aliphatic heterocycles. The van der Waals surface area contributed by atoms with Crippen molar-refractivity contribution in [3.63, 3.8) is 0 Å². The molecule has 2 aliphatic rings. The molecule has 0 atom stereocenters. The second-order valence-corrected chi connectivity index (χ2v) is 10.3. The average Bonchev–Trinajstić information content (AvgIpc) is 3.39. The van der Waals surface area contributed by atoms with Crippen LogP contribution >= 0.6 is 11.3 Å². The van der Waals surface area contributed by atoms with E-state index in [2.05, 4.69) is 10.2 Å². The van der Waals surface area contributed by atoms with Gasteiger partial charge < -0.3 is 4.42 Å². The number of piperidine rings is 2. The molecule has 0 aromatic carbocycles. The van der Waals surface area contributed by atoms with Crippen LogP contribution in [0.4, 0.5) is 0 Å². The molecule has 2 fully saturated rings. The van der Waals surface area contributed by atoms with Crippen LogP contribution in [0.25, 0.3) is 10.8 Å². The van der Waals surface area contributed by atoms with E-state index in [1.165, 1.54) is 15.6 Å². The second-order valence-electron chi connectivity index (χ2n) is 7.20. The summed E-state index contributed by atoms with van der Waals surface area (Å²) in [5.41, 5.74) is 0. The Morgan fingerprint density at radius 2 is 1.86 bits per heavy atom. The summed E-state index contributed by atoms with van der Waals surface area (Å²) in [6.45, 7) is 0.720. The van der Waals surface area contributed by atoms with E-state index in [1.807, 2.05) is 6.07 Å². The van der Waals surface area contributed by atoms with Gasteiger partial charge in [-0.05, 0) is 31.4 Å². The smallest absolute Gasteiger partial charge is 0.229 e. The highest BCUT2D eigenvalue weighted by Gasteiger charge is 2.32. The van der Waals surface area contributed by atoms with E-state index in [0.717, 1.165) is 14.9 Å². The summed E-state index contributed by atoms with van der Waals surface area (Å²) in [6.07, 6.45) is 4.06. The lowest BCUT2D eigenvalue weighted by molar-refractivity contribution is -0.147. The second kappa shape index (κ2) is 8.33. The lowest BCUT2D eigenvalue weighted by Crippen LogP contribution is -2.46. The van der Waals surface area contributed by atoms with Gasteiger partial charge in [0.05, 0.1) is 12.0 Å². The first kappa shape index (κ1) is 20.2. The number of carbonyl (C=O) groups is 2. The summed E-state index contributed by atoms with van der Waals surface area (Å²) in [5.74, 6) is 0.0532. The van der Waals surface area contributed by atoms with Crippen molar-refractivity contribution in [1.29, 1.82) is 0 Å². The highest BCUT2D eigenvalue weighted by atomic mass is 32.2. The van der Waals surface area contributed by atoms with Gasteiger partial charge in [0.2, 0.25) is 21.8 Å². The summed E-state index contributed by atoms with van der Waals surface area (Å²) in [5, 5.41) is 10.0. The quantitative estimate of drug-likeness (QED) is 0.632. The lowest BCUT2D eigenvalue weighted by atomic mass is 9.99. The molecule has 156 valence electrons. The fraction of sp³-hybridized carbons (Fsp3) is 0.556. The first-order chi connectivity index (χ1) is 13.9. The van der Waals surface area contributed by atoms with Crippen LogP contribution in [0.15, 0.2) is 22.8 Å². The van der Waals surface area contributed by atoms with Gasteiger partial charge in [0.25, 0.3) is 0 Å². The molecule has 0 N–H and O–H groups in total. The Labute approximate surface area is 172 Å². The van der Waals surface area contributed by atoms with Crippen molar-refractivity contribution in [1.82, 2.24) is 19.4 Å². The third-order valence-electron chi connectivity index (χ3n) is 5.33. The number of aromatic nitrogens is 2. The predicted molar refractivity (Wildman–Crippen MR) is 106 cm³/mol. The van der Waals surface area contributed by atoms with Crippen molar-refractivity contribution in [2.45, 2.75) is 38.0 Å². The molecule has 29 heavy (non-hydrogen) atoms. The third-order valence-corrected chi connectivity index (χ3v) is 8.28. The van der Waals surface area contributed by atoms with Gasteiger partial charge in [-0.3, -0.25) is 14.5 Å². The van der Waals surface area contributed by atoms with Crippen molar-refractivity contribution in [3.8, 4) is 10.8 Å². The average molecular weight is 439 g/mol. The van der Waals surface area contributed by atoms with Crippen LogP contribution in [0.3, 0.4) is 0 Å². The van der Waals surface area contributed by atoms with Crippen LogP contribution in [0.1, 0.15) is 43.0 Å². The first-order valence-electron chi connectivity index (χ1n) is 9.62. The molecule has 0 radical (unpaired) electrons. The van der Waals surface area contributed by atoms with Gasteiger partial charge >= 0.3 is 0 Å². The Morgan fingerprint density at radius 3 is 2.52 bits per heavy atom. The number of furan rings is 1. The molecule has 0 aliphatic carbocycles. The number of hydrogen-bond acceptors (Lipinski definition) is 8. The number of amides is 2. The van der Waals surface area contributed by atoms with E-state index in [4.69, 9.17) is 4.42 Å². The van der Waals surface area contributed by atoms with Crippen molar-refractivity contribution in [2.75, 3.05) is 25.4 Å². The van der Waals surface area contributed by atoms with Crippen LogP contribution in [0.2, 0.25) is 0 Å². The number of likely N-dealkylation sites (tertiary alicyclic amines) is 1. The molecule has 0 bridgehead atoms. The zero-order valence-electron chi connectivity index (χ0n) is 15.8. The lowest BCUT2D eigenvalue weighted by Gasteiger charge is -2.31. The highest BCUT2D eigenvalue weighted by Crippen LogP contribution is 2.34. The molecule has 4 heterocycles. The fourth-order valence-corrected chi connectivity index (χ4v) is 6.08. The molecule has 2 aromatic rings. The molecule has 0 unspecified atom stereocenters. The van der Waals surface area contributed by atoms with Gasteiger partial charge in [-0.2, -0.15) is 0 Å². The number of hydrogen-bond donors (Lipinski definition) is 0. The molecule has 0 saturated carbocycles. The number of sulfonamides is 1. The predicted octanol–water partition coefficient (Wildman–Crippen LogP) is 1.85. The van der Waals surface area contributed by atoms with Crippen molar-refractivity contribution < 1.29 is 22.4 Å². The van der Waals surface area contributed by atoms with Crippen LogP contribution in [-0.4, -0.2) is 65.0 Å². The minimum atomic E-state index is -3.53. The molecular weight excluding hydrogens is 416 g/mol. The number of imide groups is 1. The van der Waals surface area contributed by atoms with Crippen LogP contribution in [-0.2, 0) is 19.6 Å². The van der Waals surface area contributed by atoms with E-state index in [0.29, 0.717) is 51.0 Å². The summed E-state index contributed by atoms with van der Waals surface area (Å²) >= 11 is 1.47. The summed E-state index contributed by atoms with van der Waals surface area (Å²) in [7, 11) is -3.53. The largest absolute Gasteiger partial charge is 0.462 e. The zero-order chi connectivity index (χ0) is 20.4. The molecule has 2 aromatic heterocycles. The highest BCUT2D eigenvalue weighted by molar-refractivity contribution is 7.89. The van der Waals surface area contributed by atoms with Crippen molar-refractivity contribution >= 4 is 33.2 Å². The SMILES string of the molecule is O=C1CCCC(=O)N1CCS(=O)(=O)N1CCC(c2nnc(-c3ccco3)s2)CC1. The first-order valence-corrected chi connectivity index (χ1v) is 12.0. The summed E-state index contributed by atoms with van der Waals surface area (Å²) in [4.78, 5) is 24.8. The maximum atomic E-state index is 12.7. The van der Waals surface area contributed by atoms with E-state index >= 15 is 0 Å². The maximum Gasteiger partial charge on any atom is 0.229 e. The van der Waals surface area contributed by atoms with Gasteiger partial charge in [0.15, 0.2) is 10.8 Å². The molecule has 2 amide bonds. The molecular formula is C18H22N4O5S2. The molecule has 11 heteroatoms. The zero-order valence-corrected chi connectivity index (χ0v) is 17.5. The van der Waals surface area contributed by atoms with Gasteiger partial charge in [-0.25, -0.2) is 12.7 Å². The molecule has 2 saturated heterocycles. The van der Waals surface area contributed by atoms with Gasteiger partial charge in [-0.15, -0.1) is 10.2 Å². The number of rotatable bonds is 6. The van der Waals surface area contributed by atoms with Gasteiger partial charge in [0, 0.05) is 38.4 Å². The number of nitrogens with zero attached hydrogens (tertiary/aromatic N) is 4. The summed E-state index contributed by atoms with van der Waals surface area (Å²) in [6, 6.07) is 3.63. The Kier molecular flexibility index (Phi) is 5.79. The minimum Gasteiger partial charge on any atom is -0.462 e. The normalized spacial score (nSPS) is 19.8. The van der Waals surface area contributed by atoms with Gasteiger partial charge in [0.1, 0.15) is 5.01 Å². The topological polar surface area (TPSA) is 114 Å². The van der Waals surface area contributed by atoms with E-state index < -0.39 is 10.0 Å². The van der Waals surface area contributed by atoms with Crippen molar-refractivity contribution in [3.05, 3.63) is 23.4 Å². The Hall–Kier alpha value is -2.11. The van der Waals surface area contributed by atoms with Gasteiger partial charge in [-0.1, -0.05) is 11.3 Å². The Morgan fingerprint density at radius 1 is 1.14 bits per heavy atom. The molecule has 0 spiro atoms. The number of carbonyl (C=O) groups excluding carboxylic acids is 2.